The molecule has 3 aromatic rings. The van der Waals surface area contributed by atoms with Crippen LogP contribution in [0, 0.1) is 13.8 Å². The van der Waals surface area contributed by atoms with E-state index < -0.39 is 0 Å². The standard InChI is InChI=1S/C25H30N4O2/c1-18-16-28(17-21-9-7-8-12-24(21)31-18)14-13-26-25(30)15-23-19(2)27-29(20(23)3)22-10-5-4-6-11-22/h4-12,18H,13-17H2,1-3H3,(H,26,30)/t18-/m0/s1. The monoisotopic (exact) mass is 418 g/mol. The molecular weight excluding hydrogens is 388 g/mol. The molecule has 0 aliphatic carbocycles. The van der Waals surface area contributed by atoms with Crippen molar-refractivity contribution in [2.24, 2.45) is 0 Å². The van der Waals surface area contributed by atoms with Gasteiger partial charge in [0.05, 0.1) is 17.8 Å². The number of amides is 1. The molecule has 0 radical (unpaired) electrons. The molecule has 0 saturated carbocycles. The molecule has 0 fully saturated rings. The Kier molecular flexibility index (Phi) is 6.37. The average molecular weight is 419 g/mol. The Morgan fingerprint density at radius 3 is 2.68 bits per heavy atom. The minimum Gasteiger partial charge on any atom is -0.489 e. The SMILES string of the molecule is Cc1nn(-c2ccccc2)c(C)c1CC(=O)NCCN1Cc2ccccc2O[C@@H](C)C1. The highest BCUT2D eigenvalue weighted by Gasteiger charge is 2.20. The van der Waals surface area contributed by atoms with Crippen LogP contribution in [-0.4, -0.2) is 46.3 Å². The van der Waals surface area contributed by atoms with Crippen LogP contribution in [0.25, 0.3) is 5.69 Å². The first-order valence-corrected chi connectivity index (χ1v) is 10.9. The molecule has 4 rings (SSSR count). The number of rotatable bonds is 6. The molecule has 0 bridgehead atoms. The first kappa shape index (κ1) is 21.1. The van der Waals surface area contributed by atoms with E-state index in [1.165, 1.54) is 5.56 Å². The van der Waals surface area contributed by atoms with Crippen LogP contribution < -0.4 is 10.1 Å². The van der Waals surface area contributed by atoms with E-state index in [0.717, 1.165) is 48.0 Å². The van der Waals surface area contributed by atoms with Gasteiger partial charge < -0.3 is 10.1 Å². The zero-order valence-corrected chi connectivity index (χ0v) is 18.5. The first-order chi connectivity index (χ1) is 15.0. The molecule has 2 heterocycles. The van der Waals surface area contributed by atoms with Gasteiger partial charge in [0.1, 0.15) is 11.9 Å². The number of hydrogen-bond donors (Lipinski definition) is 1. The van der Waals surface area contributed by atoms with E-state index in [1.807, 2.05) is 67.1 Å². The van der Waals surface area contributed by atoms with Crippen molar-refractivity contribution < 1.29 is 9.53 Å². The summed E-state index contributed by atoms with van der Waals surface area (Å²) in [5, 5.41) is 7.72. The zero-order chi connectivity index (χ0) is 21.8. The highest BCUT2D eigenvalue weighted by Crippen LogP contribution is 2.24. The summed E-state index contributed by atoms with van der Waals surface area (Å²) in [6.45, 7) is 9.14. The van der Waals surface area contributed by atoms with Crippen LogP contribution in [-0.2, 0) is 17.8 Å². The van der Waals surface area contributed by atoms with E-state index in [9.17, 15) is 4.79 Å². The molecule has 162 valence electrons. The molecule has 6 nitrogen and oxygen atoms in total. The van der Waals surface area contributed by atoms with Gasteiger partial charge in [0, 0.05) is 43.0 Å². The minimum absolute atomic E-state index is 0.0262. The highest BCUT2D eigenvalue weighted by molar-refractivity contribution is 5.79. The molecule has 1 N–H and O–H groups in total. The van der Waals surface area contributed by atoms with Crippen LogP contribution in [0.15, 0.2) is 54.6 Å². The van der Waals surface area contributed by atoms with Crippen molar-refractivity contribution in [2.45, 2.75) is 39.8 Å². The molecule has 1 amide bonds. The number of carbonyl (C=O) groups is 1. The minimum atomic E-state index is 0.0262. The van der Waals surface area contributed by atoms with Crippen molar-refractivity contribution >= 4 is 5.91 Å². The van der Waals surface area contributed by atoms with Crippen molar-refractivity contribution in [1.82, 2.24) is 20.0 Å². The third-order valence-corrected chi connectivity index (χ3v) is 5.74. The Hall–Kier alpha value is -3.12. The zero-order valence-electron chi connectivity index (χ0n) is 18.5. The van der Waals surface area contributed by atoms with Gasteiger partial charge in [0.25, 0.3) is 0 Å². The summed E-state index contributed by atoms with van der Waals surface area (Å²) in [5.74, 6) is 0.987. The molecule has 6 heteroatoms. The van der Waals surface area contributed by atoms with Crippen LogP contribution in [0.4, 0.5) is 0 Å². The van der Waals surface area contributed by atoms with Crippen molar-refractivity contribution in [3.05, 3.63) is 77.1 Å². The van der Waals surface area contributed by atoms with Gasteiger partial charge in [-0.05, 0) is 39.0 Å². The Bertz CT molecular complexity index is 1040. The van der Waals surface area contributed by atoms with Gasteiger partial charge in [-0.3, -0.25) is 9.69 Å². The fourth-order valence-corrected chi connectivity index (χ4v) is 4.17. The Morgan fingerprint density at radius 1 is 1.13 bits per heavy atom. The number of nitrogens with zero attached hydrogens (tertiary/aromatic N) is 3. The number of nitrogens with one attached hydrogen (secondary N) is 1. The predicted octanol–water partition coefficient (Wildman–Crippen LogP) is 3.43. The van der Waals surface area contributed by atoms with Gasteiger partial charge in [0.2, 0.25) is 5.91 Å². The number of para-hydroxylation sites is 2. The molecule has 1 aliphatic heterocycles. The molecule has 1 aliphatic rings. The highest BCUT2D eigenvalue weighted by atomic mass is 16.5. The molecule has 1 atom stereocenters. The van der Waals surface area contributed by atoms with Crippen LogP contribution in [0.1, 0.15) is 29.4 Å². The van der Waals surface area contributed by atoms with Crippen LogP contribution >= 0.6 is 0 Å². The van der Waals surface area contributed by atoms with Crippen molar-refractivity contribution in [3.8, 4) is 11.4 Å². The van der Waals surface area contributed by atoms with Gasteiger partial charge in [-0.15, -0.1) is 0 Å². The number of aromatic nitrogens is 2. The summed E-state index contributed by atoms with van der Waals surface area (Å²) in [6, 6.07) is 18.2. The van der Waals surface area contributed by atoms with Crippen molar-refractivity contribution in [3.63, 3.8) is 0 Å². The number of aryl methyl sites for hydroxylation is 1. The maximum Gasteiger partial charge on any atom is 0.224 e. The largest absolute Gasteiger partial charge is 0.489 e. The van der Waals surface area contributed by atoms with Crippen molar-refractivity contribution in [1.29, 1.82) is 0 Å². The van der Waals surface area contributed by atoms with Gasteiger partial charge in [-0.25, -0.2) is 4.68 Å². The lowest BCUT2D eigenvalue weighted by Crippen LogP contribution is -2.38. The normalized spacial score (nSPS) is 16.3. The summed E-state index contributed by atoms with van der Waals surface area (Å²) >= 11 is 0. The van der Waals surface area contributed by atoms with Gasteiger partial charge in [-0.1, -0.05) is 36.4 Å². The van der Waals surface area contributed by atoms with Gasteiger partial charge >= 0.3 is 0 Å². The van der Waals surface area contributed by atoms with Crippen LogP contribution in [0.2, 0.25) is 0 Å². The molecule has 0 saturated heterocycles. The fraction of sp³-hybridized carbons (Fsp3) is 0.360. The smallest absolute Gasteiger partial charge is 0.224 e. The topological polar surface area (TPSA) is 59.4 Å². The summed E-state index contributed by atoms with van der Waals surface area (Å²) < 4.78 is 7.93. The third-order valence-electron chi connectivity index (χ3n) is 5.74. The molecular formula is C25H30N4O2. The second-order valence-corrected chi connectivity index (χ2v) is 8.19. The van der Waals surface area contributed by atoms with E-state index in [1.54, 1.807) is 0 Å². The number of benzene rings is 2. The maximum atomic E-state index is 12.6. The Labute approximate surface area is 183 Å². The predicted molar refractivity (Wildman–Crippen MR) is 122 cm³/mol. The van der Waals surface area contributed by atoms with E-state index in [2.05, 4.69) is 28.3 Å². The van der Waals surface area contributed by atoms with E-state index in [0.29, 0.717) is 13.0 Å². The van der Waals surface area contributed by atoms with E-state index in [4.69, 9.17) is 4.74 Å². The number of hydrogen-bond acceptors (Lipinski definition) is 4. The third kappa shape index (κ3) is 4.97. The van der Waals surface area contributed by atoms with Gasteiger partial charge in [-0.2, -0.15) is 5.10 Å². The molecule has 1 aromatic heterocycles. The first-order valence-electron chi connectivity index (χ1n) is 10.9. The second-order valence-electron chi connectivity index (χ2n) is 8.19. The quantitative estimate of drug-likeness (QED) is 0.666. The summed E-state index contributed by atoms with van der Waals surface area (Å²) in [5.41, 5.74) is 5.10. The summed E-state index contributed by atoms with van der Waals surface area (Å²) in [7, 11) is 0. The Balaban J connectivity index is 1.34. The molecule has 2 aromatic carbocycles. The summed E-state index contributed by atoms with van der Waals surface area (Å²) in [4.78, 5) is 15.0. The number of fused-ring (bicyclic) bond motifs is 1. The lowest BCUT2D eigenvalue weighted by Gasteiger charge is -2.21. The lowest BCUT2D eigenvalue weighted by atomic mass is 10.1. The second kappa shape index (κ2) is 9.35. The molecule has 0 spiro atoms. The van der Waals surface area contributed by atoms with Gasteiger partial charge in [0.15, 0.2) is 0 Å². The van der Waals surface area contributed by atoms with E-state index >= 15 is 0 Å². The number of ether oxygens (including phenoxy) is 1. The number of carbonyl (C=O) groups excluding carboxylic acids is 1. The maximum absolute atomic E-state index is 12.6. The van der Waals surface area contributed by atoms with Crippen molar-refractivity contribution in [2.75, 3.05) is 19.6 Å². The van der Waals surface area contributed by atoms with Crippen LogP contribution in [0.3, 0.4) is 0 Å². The molecule has 0 unspecified atom stereocenters. The molecule has 31 heavy (non-hydrogen) atoms. The van der Waals surface area contributed by atoms with E-state index in [-0.39, 0.29) is 12.0 Å². The Morgan fingerprint density at radius 2 is 1.87 bits per heavy atom. The summed E-state index contributed by atoms with van der Waals surface area (Å²) in [6.07, 6.45) is 0.459. The van der Waals surface area contributed by atoms with Crippen LogP contribution in [0.5, 0.6) is 5.75 Å². The lowest BCUT2D eigenvalue weighted by molar-refractivity contribution is -0.120. The average Bonchev–Trinajstić information content (AvgIpc) is 2.93. The fourth-order valence-electron chi connectivity index (χ4n) is 4.17.